The van der Waals surface area contributed by atoms with Gasteiger partial charge in [0.15, 0.2) is 0 Å². The Morgan fingerprint density at radius 2 is 2.11 bits per heavy atom. The van der Waals surface area contributed by atoms with Crippen molar-refractivity contribution in [3.05, 3.63) is 60.1 Å². The van der Waals surface area contributed by atoms with Crippen LogP contribution in [0.5, 0.6) is 0 Å². The minimum Gasteiger partial charge on any atom is -0.464 e. The van der Waals surface area contributed by atoms with E-state index in [0.717, 1.165) is 22.1 Å². The maximum absolute atomic E-state index is 10.3. The Morgan fingerprint density at radius 3 is 2.95 bits per heavy atom. The summed E-state index contributed by atoms with van der Waals surface area (Å²) in [7, 11) is 0. The zero-order valence-electron chi connectivity index (χ0n) is 10.3. The summed E-state index contributed by atoms with van der Waals surface area (Å²) in [5, 5.41) is 11.3. The van der Waals surface area contributed by atoms with Gasteiger partial charge < -0.3 is 15.3 Å². The van der Waals surface area contributed by atoms with Crippen LogP contribution in [-0.2, 0) is 6.42 Å². The third kappa shape index (κ3) is 2.18. The third-order valence-corrected chi connectivity index (χ3v) is 3.22. The second kappa shape index (κ2) is 4.74. The molecule has 0 amide bonds. The summed E-state index contributed by atoms with van der Waals surface area (Å²) in [5.41, 5.74) is 8.89. The summed E-state index contributed by atoms with van der Waals surface area (Å²) >= 11 is 0. The lowest BCUT2D eigenvalue weighted by Gasteiger charge is -2.10. The molecule has 3 N–H and O–H groups in total. The number of furan rings is 1. The van der Waals surface area contributed by atoms with Crippen LogP contribution in [0.3, 0.4) is 0 Å². The molecule has 0 aliphatic carbocycles. The number of aromatic nitrogens is 1. The van der Waals surface area contributed by atoms with E-state index in [-0.39, 0.29) is 0 Å². The first-order chi connectivity index (χ1) is 9.25. The van der Waals surface area contributed by atoms with Crippen molar-refractivity contribution in [3.8, 4) is 0 Å². The van der Waals surface area contributed by atoms with Crippen LogP contribution in [0.4, 0.5) is 5.69 Å². The van der Waals surface area contributed by atoms with E-state index in [0.29, 0.717) is 12.1 Å². The average molecular weight is 254 g/mol. The Bertz CT molecular complexity index is 706. The van der Waals surface area contributed by atoms with E-state index >= 15 is 0 Å². The fraction of sp³-hybridized carbons (Fsp3) is 0.133. The molecule has 0 saturated carbocycles. The van der Waals surface area contributed by atoms with Crippen LogP contribution in [0.2, 0.25) is 0 Å². The largest absolute Gasteiger partial charge is 0.464 e. The smallest absolute Gasteiger partial charge is 0.134 e. The van der Waals surface area contributed by atoms with Crippen LogP contribution < -0.4 is 5.73 Å². The minimum absolute atomic E-state index is 0.420. The van der Waals surface area contributed by atoms with Gasteiger partial charge in [0.05, 0.1) is 12.4 Å². The molecule has 96 valence electrons. The number of hydrogen-bond donors (Lipinski definition) is 2. The fourth-order valence-corrected chi connectivity index (χ4v) is 2.18. The van der Waals surface area contributed by atoms with Gasteiger partial charge in [0.1, 0.15) is 5.58 Å². The first-order valence-corrected chi connectivity index (χ1v) is 6.08. The second-order valence-electron chi connectivity index (χ2n) is 4.48. The lowest BCUT2D eigenvalue weighted by Crippen LogP contribution is -2.04. The maximum Gasteiger partial charge on any atom is 0.134 e. The van der Waals surface area contributed by atoms with E-state index in [1.54, 1.807) is 24.7 Å². The second-order valence-corrected chi connectivity index (χ2v) is 4.48. The molecule has 3 aromatic rings. The van der Waals surface area contributed by atoms with Crippen LogP contribution in [0.25, 0.3) is 11.0 Å². The summed E-state index contributed by atoms with van der Waals surface area (Å²) in [5.74, 6) is 0. The van der Waals surface area contributed by atoms with E-state index < -0.39 is 6.10 Å². The van der Waals surface area contributed by atoms with Crippen LogP contribution in [0.1, 0.15) is 17.2 Å². The standard InChI is InChI=1S/C15H14N2O2/c16-13-5-6-17-8-10(13)7-14(18)12-9-19-15-4-2-1-3-11(12)15/h1-6,8-9,14,18H,7H2,(H2,16,17). The summed E-state index contributed by atoms with van der Waals surface area (Å²) < 4.78 is 5.43. The Hall–Kier alpha value is -2.33. The van der Waals surface area contributed by atoms with Crippen molar-refractivity contribution < 1.29 is 9.52 Å². The van der Waals surface area contributed by atoms with Gasteiger partial charge in [-0.1, -0.05) is 18.2 Å². The van der Waals surface area contributed by atoms with Gasteiger partial charge in [0, 0.05) is 35.5 Å². The highest BCUT2D eigenvalue weighted by atomic mass is 16.3. The van der Waals surface area contributed by atoms with Gasteiger partial charge >= 0.3 is 0 Å². The number of rotatable bonds is 3. The zero-order chi connectivity index (χ0) is 13.2. The topological polar surface area (TPSA) is 72.3 Å². The quantitative estimate of drug-likeness (QED) is 0.753. The van der Waals surface area contributed by atoms with Crippen LogP contribution in [0.15, 0.2) is 53.4 Å². The third-order valence-electron chi connectivity index (χ3n) is 3.22. The number of nitrogens with two attached hydrogens (primary N) is 1. The number of aliphatic hydroxyl groups excluding tert-OH is 1. The van der Waals surface area contributed by atoms with Crippen molar-refractivity contribution in [2.75, 3.05) is 5.73 Å². The SMILES string of the molecule is Nc1ccncc1CC(O)c1coc2ccccc12. The van der Waals surface area contributed by atoms with E-state index in [4.69, 9.17) is 10.2 Å². The molecule has 0 radical (unpaired) electrons. The van der Waals surface area contributed by atoms with Crippen molar-refractivity contribution in [1.82, 2.24) is 4.98 Å². The van der Waals surface area contributed by atoms with Gasteiger partial charge in [-0.15, -0.1) is 0 Å². The van der Waals surface area contributed by atoms with Crippen LogP contribution in [-0.4, -0.2) is 10.1 Å². The number of nitrogen functional groups attached to an aromatic ring is 1. The number of anilines is 1. The van der Waals surface area contributed by atoms with Crippen LogP contribution in [0, 0.1) is 0 Å². The van der Waals surface area contributed by atoms with Gasteiger partial charge in [-0.3, -0.25) is 4.98 Å². The molecule has 3 rings (SSSR count). The number of benzene rings is 1. The molecular weight excluding hydrogens is 240 g/mol. The molecule has 4 heteroatoms. The van der Waals surface area contributed by atoms with Crippen molar-refractivity contribution in [2.24, 2.45) is 0 Å². The van der Waals surface area contributed by atoms with Gasteiger partial charge in [-0.2, -0.15) is 0 Å². The highest BCUT2D eigenvalue weighted by Gasteiger charge is 2.16. The maximum atomic E-state index is 10.3. The Labute approximate surface area is 110 Å². The molecular formula is C15H14N2O2. The Morgan fingerprint density at radius 1 is 1.26 bits per heavy atom. The number of pyridine rings is 1. The van der Waals surface area contributed by atoms with E-state index in [9.17, 15) is 5.11 Å². The van der Waals surface area contributed by atoms with Crippen molar-refractivity contribution in [3.63, 3.8) is 0 Å². The van der Waals surface area contributed by atoms with E-state index in [2.05, 4.69) is 4.98 Å². The van der Waals surface area contributed by atoms with Crippen molar-refractivity contribution in [2.45, 2.75) is 12.5 Å². The molecule has 0 aliphatic heterocycles. The normalized spacial score (nSPS) is 12.7. The molecule has 0 spiro atoms. The van der Waals surface area contributed by atoms with Crippen molar-refractivity contribution >= 4 is 16.7 Å². The predicted octanol–water partition coefficient (Wildman–Crippen LogP) is 2.69. The predicted molar refractivity (Wildman–Crippen MR) is 73.5 cm³/mol. The number of fused-ring (bicyclic) bond motifs is 1. The lowest BCUT2D eigenvalue weighted by atomic mass is 10.0. The monoisotopic (exact) mass is 254 g/mol. The van der Waals surface area contributed by atoms with E-state index in [1.807, 2.05) is 24.3 Å². The van der Waals surface area contributed by atoms with Gasteiger partial charge in [-0.25, -0.2) is 0 Å². The molecule has 1 aromatic carbocycles. The molecule has 0 bridgehead atoms. The molecule has 0 fully saturated rings. The summed E-state index contributed by atoms with van der Waals surface area (Å²) in [6.07, 6.45) is 4.68. The highest BCUT2D eigenvalue weighted by Crippen LogP contribution is 2.29. The first kappa shape index (κ1) is 11.7. The molecule has 19 heavy (non-hydrogen) atoms. The zero-order valence-corrected chi connectivity index (χ0v) is 10.3. The number of hydrogen-bond acceptors (Lipinski definition) is 4. The lowest BCUT2D eigenvalue weighted by molar-refractivity contribution is 0.179. The summed E-state index contributed by atoms with van der Waals surface area (Å²) in [6, 6.07) is 9.37. The van der Waals surface area contributed by atoms with Gasteiger partial charge in [0.25, 0.3) is 0 Å². The average Bonchev–Trinajstić information content (AvgIpc) is 2.85. The molecule has 0 aliphatic rings. The fourth-order valence-electron chi connectivity index (χ4n) is 2.18. The van der Waals surface area contributed by atoms with Crippen LogP contribution >= 0.6 is 0 Å². The summed E-state index contributed by atoms with van der Waals surface area (Å²) in [4.78, 5) is 4.03. The molecule has 0 saturated heterocycles. The first-order valence-electron chi connectivity index (χ1n) is 6.08. The molecule has 2 aromatic heterocycles. The van der Waals surface area contributed by atoms with Gasteiger partial charge in [-0.05, 0) is 17.7 Å². The number of aliphatic hydroxyl groups is 1. The number of para-hydroxylation sites is 1. The highest BCUT2D eigenvalue weighted by molar-refractivity contribution is 5.81. The molecule has 2 heterocycles. The molecule has 1 atom stereocenters. The Kier molecular flexibility index (Phi) is 2.93. The van der Waals surface area contributed by atoms with Gasteiger partial charge in [0.2, 0.25) is 0 Å². The Balaban J connectivity index is 1.92. The van der Waals surface area contributed by atoms with E-state index in [1.165, 1.54) is 0 Å². The number of nitrogens with zero attached hydrogens (tertiary/aromatic N) is 1. The summed E-state index contributed by atoms with van der Waals surface area (Å²) in [6.45, 7) is 0. The van der Waals surface area contributed by atoms with Crippen molar-refractivity contribution in [1.29, 1.82) is 0 Å². The molecule has 4 nitrogen and oxygen atoms in total. The molecule has 1 unspecified atom stereocenters. The minimum atomic E-state index is -0.657.